The van der Waals surface area contributed by atoms with E-state index in [9.17, 15) is 9.59 Å². The van der Waals surface area contributed by atoms with Crippen molar-refractivity contribution in [3.63, 3.8) is 0 Å². The monoisotopic (exact) mass is 414 g/mol. The Bertz CT molecular complexity index is 659. The van der Waals surface area contributed by atoms with Gasteiger partial charge in [-0.1, -0.05) is 29.8 Å². The van der Waals surface area contributed by atoms with Crippen LogP contribution in [0.3, 0.4) is 0 Å². The van der Waals surface area contributed by atoms with Gasteiger partial charge >= 0.3 is 0 Å². The van der Waals surface area contributed by atoms with Crippen LogP contribution < -0.4 is 10.9 Å². The Morgan fingerprint density at radius 3 is 2.43 bits per heavy atom. The lowest BCUT2D eigenvalue weighted by atomic mass is 10.1. The van der Waals surface area contributed by atoms with Gasteiger partial charge in [-0.05, 0) is 58.5 Å². The quantitative estimate of drug-likeness (QED) is 0.599. The van der Waals surface area contributed by atoms with Crippen molar-refractivity contribution < 1.29 is 9.59 Å². The molecule has 4 nitrogen and oxygen atoms in total. The summed E-state index contributed by atoms with van der Waals surface area (Å²) in [5.41, 5.74) is 6.09. The van der Waals surface area contributed by atoms with Gasteiger partial charge in [-0.2, -0.15) is 0 Å². The summed E-state index contributed by atoms with van der Waals surface area (Å²) in [6.07, 6.45) is 0.170. The smallest absolute Gasteiger partial charge is 0.269 e. The molecule has 2 amide bonds. The molecule has 0 bridgehead atoms. The highest BCUT2D eigenvalue weighted by molar-refractivity contribution is 14.1. The molecule has 0 atom stereocenters. The average Bonchev–Trinajstić information content (AvgIpc) is 2.47. The Balaban J connectivity index is 1.86. The molecule has 0 aliphatic rings. The number of hydrogen-bond donors (Lipinski definition) is 2. The Hall–Kier alpha value is -1.60. The fraction of sp³-hybridized carbons (Fsp3) is 0.0667. The van der Waals surface area contributed by atoms with Crippen molar-refractivity contribution in [1.29, 1.82) is 0 Å². The minimum absolute atomic E-state index is 0.170. The molecule has 2 aromatic rings. The molecule has 2 N–H and O–H groups in total. The Kier molecular flexibility index (Phi) is 5.58. The van der Waals surface area contributed by atoms with Crippen molar-refractivity contribution in [2.24, 2.45) is 0 Å². The summed E-state index contributed by atoms with van der Waals surface area (Å²) in [5, 5.41) is 0.617. The molecule has 108 valence electrons. The third kappa shape index (κ3) is 5.02. The number of nitrogens with one attached hydrogen (secondary N) is 2. The number of hydrazine groups is 1. The summed E-state index contributed by atoms with van der Waals surface area (Å²) in [4.78, 5) is 23.6. The molecule has 0 radical (unpaired) electrons. The predicted molar refractivity (Wildman–Crippen MR) is 89.9 cm³/mol. The van der Waals surface area contributed by atoms with Crippen LogP contribution in [0.4, 0.5) is 0 Å². The number of benzene rings is 2. The minimum atomic E-state index is -0.349. The standard InChI is InChI=1S/C15H12ClIN2O2/c16-12-6-4-10(5-7-12)8-14(20)18-19-15(21)11-2-1-3-13(17)9-11/h1-7,9H,8H2,(H,18,20)(H,19,21). The second-order valence-electron chi connectivity index (χ2n) is 4.32. The van der Waals surface area contributed by atoms with Crippen LogP contribution in [0.2, 0.25) is 5.02 Å². The van der Waals surface area contributed by atoms with Gasteiger partial charge in [-0.15, -0.1) is 0 Å². The molecule has 0 saturated heterocycles. The second kappa shape index (κ2) is 7.42. The zero-order chi connectivity index (χ0) is 15.2. The maximum Gasteiger partial charge on any atom is 0.269 e. The van der Waals surface area contributed by atoms with Crippen LogP contribution in [0.15, 0.2) is 48.5 Å². The largest absolute Gasteiger partial charge is 0.273 e. The number of amides is 2. The number of halogens is 2. The topological polar surface area (TPSA) is 58.2 Å². The van der Waals surface area contributed by atoms with E-state index in [-0.39, 0.29) is 18.2 Å². The maximum absolute atomic E-state index is 11.9. The maximum atomic E-state index is 11.9. The van der Waals surface area contributed by atoms with Gasteiger partial charge < -0.3 is 0 Å². The van der Waals surface area contributed by atoms with E-state index in [1.165, 1.54) is 0 Å². The first-order valence-electron chi connectivity index (χ1n) is 6.14. The first-order chi connectivity index (χ1) is 10.0. The summed E-state index contributed by atoms with van der Waals surface area (Å²) in [6, 6.07) is 14.1. The summed E-state index contributed by atoms with van der Waals surface area (Å²) in [5.74, 6) is -0.644. The van der Waals surface area contributed by atoms with E-state index in [0.29, 0.717) is 10.6 Å². The molecule has 0 aliphatic carbocycles. The van der Waals surface area contributed by atoms with Gasteiger partial charge in [0.05, 0.1) is 6.42 Å². The molecule has 0 saturated carbocycles. The van der Waals surface area contributed by atoms with E-state index in [1.54, 1.807) is 42.5 Å². The fourth-order valence-electron chi connectivity index (χ4n) is 1.66. The molecular formula is C15H12ClIN2O2. The van der Waals surface area contributed by atoms with E-state index in [2.05, 4.69) is 33.4 Å². The number of rotatable bonds is 3. The number of hydrogen-bond acceptors (Lipinski definition) is 2. The molecule has 6 heteroatoms. The van der Waals surface area contributed by atoms with Gasteiger partial charge in [0.2, 0.25) is 5.91 Å². The van der Waals surface area contributed by atoms with E-state index in [0.717, 1.165) is 9.13 Å². The summed E-state index contributed by atoms with van der Waals surface area (Å²) >= 11 is 7.89. The van der Waals surface area contributed by atoms with Crippen molar-refractivity contribution in [3.05, 3.63) is 68.3 Å². The fourth-order valence-corrected chi connectivity index (χ4v) is 2.33. The lowest BCUT2D eigenvalue weighted by Gasteiger charge is -2.07. The first kappa shape index (κ1) is 15.8. The molecular weight excluding hydrogens is 403 g/mol. The Morgan fingerprint density at radius 2 is 1.76 bits per heavy atom. The molecule has 0 spiro atoms. The first-order valence-corrected chi connectivity index (χ1v) is 7.59. The molecule has 2 rings (SSSR count). The van der Waals surface area contributed by atoms with Crippen molar-refractivity contribution >= 4 is 46.0 Å². The SMILES string of the molecule is O=C(Cc1ccc(Cl)cc1)NNC(=O)c1cccc(I)c1. The Morgan fingerprint density at radius 1 is 1.05 bits per heavy atom. The summed E-state index contributed by atoms with van der Waals surface area (Å²) in [6.45, 7) is 0. The van der Waals surface area contributed by atoms with Gasteiger partial charge in [-0.25, -0.2) is 0 Å². The van der Waals surface area contributed by atoms with Crippen molar-refractivity contribution in [1.82, 2.24) is 10.9 Å². The number of carbonyl (C=O) groups is 2. The van der Waals surface area contributed by atoms with Crippen LogP contribution in [0.5, 0.6) is 0 Å². The van der Waals surface area contributed by atoms with Crippen molar-refractivity contribution in [2.45, 2.75) is 6.42 Å². The highest BCUT2D eigenvalue weighted by Crippen LogP contribution is 2.10. The van der Waals surface area contributed by atoms with Gasteiger partial charge in [0, 0.05) is 14.2 Å². The van der Waals surface area contributed by atoms with Crippen LogP contribution in [0.1, 0.15) is 15.9 Å². The lowest BCUT2D eigenvalue weighted by Crippen LogP contribution is -2.42. The van der Waals surface area contributed by atoms with E-state index >= 15 is 0 Å². The van der Waals surface area contributed by atoms with E-state index in [1.807, 2.05) is 6.07 Å². The van der Waals surface area contributed by atoms with E-state index in [4.69, 9.17) is 11.6 Å². The predicted octanol–water partition coefficient (Wildman–Crippen LogP) is 2.95. The van der Waals surface area contributed by atoms with Crippen molar-refractivity contribution in [2.75, 3.05) is 0 Å². The van der Waals surface area contributed by atoms with Crippen LogP contribution in [-0.2, 0) is 11.2 Å². The second-order valence-corrected chi connectivity index (χ2v) is 6.00. The molecule has 0 aromatic heterocycles. The Labute approximate surface area is 141 Å². The van der Waals surface area contributed by atoms with E-state index < -0.39 is 0 Å². The minimum Gasteiger partial charge on any atom is -0.273 e. The molecule has 21 heavy (non-hydrogen) atoms. The third-order valence-corrected chi connectivity index (χ3v) is 3.60. The molecule has 0 aliphatic heterocycles. The summed E-state index contributed by atoms with van der Waals surface area (Å²) < 4.78 is 0.952. The zero-order valence-corrected chi connectivity index (χ0v) is 13.8. The highest BCUT2D eigenvalue weighted by Gasteiger charge is 2.08. The molecule has 0 fully saturated rings. The average molecular weight is 415 g/mol. The van der Waals surface area contributed by atoms with Crippen molar-refractivity contribution in [3.8, 4) is 0 Å². The van der Waals surface area contributed by atoms with Crippen LogP contribution in [-0.4, -0.2) is 11.8 Å². The van der Waals surface area contributed by atoms with Crippen LogP contribution in [0, 0.1) is 3.57 Å². The molecule has 0 unspecified atom stereocenters. The van der Waals surface area contributed by atoms with Gasteiger partial charge in [0.25, 0.3) is 5.91 Å². The molecule has 2 aromatic carbocycles. The third-order valence-electron chi connectivity index (χ3n) is 2.68. The summed E-state index contributed by atoms with van der Waals surface area (Å²) in [7, 11) is 0. The van der Waals surface area contributed by atoms with Gasteiger partial charge in [0.15, 0.2) is 0 Å². The lowest BCUT2D eigenvalue weighted by molar-refractivity contribution is -0.121. The van der Waals surface area contributed by atoms with Gasteiger partial charge in [0.1, 0.15) is 0 Å². The van der Waals surface area contributed by atoms with Gasteiger partial charge in [-0.3, -0.25) is 20.4 Å². The molecule has 0 heterocycles. The number of carbonyl (C=O) groups excluding carboxylic acids is 2. The highest BCUT2D eigenvalue weighted by atomic mass is 127. The van der Waals surface area contributed by atoms with Crippen LogP contribution >= 0.6 is 34.2 Å². The zero-order valence-electron chi connectivity index (χ0n) is 10.9. The van der Waals surface area contributed by atoms with Crippen LogP contribution in [0.25, 0.3) is 0 Å². The normalized spacial score (nSPS) is 10.0.